The van der Waals surface area contributed by atoms with Crippen LogP contribution in [0.2, 0.25) is 0 Å². The summed E-state index contributed by atoms with van der Waals surface area (Å²) in [5, 5.41) is 14.1. The van der Waals surface area contributed by atoms with Crippen molar-refractivity contribution in [1.82, 2.24) is 5.32 Å². The summed E-state index contributed by atoms with van der Waals surface area (Å²) in [5.41, 5.74) is 0. The summed E-state index contributed by atoms with van der Waals surface area (Å²) in [4.78, 5) is 22.9. The number of benzene rings is 2. The Bertz CT molecular complexity index is 735. The second-order valence-electron chi connectivity index (χ2n) is 6.25. The van der Waals surface area contributed by atoms with Gasteiger partial charge in [0.25, 0.3) is 5.91 Å². The highest BCUT2D eigenvalue weighted by atomic mass is 16.5. The lowest BCUT2D eigenvalue weighted by Crippen LogP contribution is -2.40. The largest absolute Gasteiger partial charge is 0.484 e. The van der Waals surface area contributed by atoms with E-state index in [1.54, 1.807) is 0 Å². The van der Waals surface area contributed by atoms with Gasteiger partial charge in [-0.2, -0.15) is 0 Å². The van der Waals surface area contributed by atoms with E-state index < -0.39 is 5.97 Å². The zero-order valence-corrected chi connectivity index (χ0v) is 13.4. The smallest absolute Gasteiger partial charge is 0.306 e. The van der Waals surface area contributed by atoms with Crippen molar-refractivity contribution in [2.75, 3.05) is 6.61 Å². The number of carboxylic acid groups (broad SMARTS) is 1. The second kappa shape index (κ2) is 7.34. The van der Waals surface area contributed by atoms with Crippen LogP contribution in [-0.2, 0) is 9.59 Å². The molecule has 0 saturated heterocycles. The van der Waals surface area contributed by atoms with Gasteiger partial charge in [-0.05, 0) is 48.6 Å². The van der Waals surface area contributed by atoms with Crippen molar-refractivity contribution in [1.29, 1.82) is 0 Å². The molecular formula is C19H21NO4. The minimum atomic E-state index is -0.737. The molecule has 5 nitrogen and oxygen atoms in total. The number of carbonyl (C=O) groups excluding carboxylic acids is 1. The van der Waals surface area contributed by atoms with Gasteiger partial charge in [-0.15, -0.1) is 0 Å². The quantitative estimate of drug-likeness (QED) is 0.885. The molecule has 0 aromatic heterocycles. The van der Waals surface area contributed by atoms with Crippen molar-refractivity contribution in [2.24, 2.45) is 5.92 Å². The van der Waals surface area contributed by atoms with Gasteiger partial charge in [0.05, 0.1) is 5.92 Å². The fraction of sp³-hybridized carbons (Fsp3) is 0.368. The predicted molar refractivity (Wildman–Crippen MR) is 91.0 cm³/mol. The van der Waals surface area contributed by atoms with Crippen LogP contribution in [0.1, 0.15) is 25.7 Å². The number of ether oxygens (including phenoxy) is 1. The number of hydrogen-bond donors (Lipinski definition) is 2. The van der Waals surface area contributed by atoms with Crippen LogP contribution in [0.25, 0.3) is 10.8 Å². The van der Waals surface area contributed by atoms with Crippen molar-refractivity contribution >= 4 is 22.6 Å². The number of amides is 1. The molecule has 126 valence electrons. The number of hydrogen-bond acceptors (Lipinski definition) is 3. The highest BCUT2D eigenvalue weighted by Gasteiger charge is 2.26. The predicted octanol–water partition coefficient (Wildman–Crippen LogP) is 2.98. The average molecular weight is 327 g/mol. The summed E-state index contributed by atoms with van der Waals surface area (Å²) in [6.45, 7) is -0.0306. The van der Waals surface area contributed by atoms with Crippen LogP contribution in [0.4, 0.5) is 0 Å². The first-order valence-corrected chi connectivity index (χ1v) is 8.25. The van der Waals surface area contributed by atoms with Crippen molar-refractivity contribution in [3.8, 4) is 5.75 Å². The van der Waals surface area contributed by atoms with Gasteiger partial charge in [-0.3, -0.25) is 9.59 Å². The molecule has 0 unspecified atom stereocenters. The Morgan fingerprint density at radius 3 is 2.46 bits per heavy atom. The molecule has 24 heavy (non-hydrogen) atoms. The fourth-order valence-corrected chi connectivity index (χ4v) is 3.16. The zero-order chi connectivity index (χ0) is 16.9. The first kappa shape index (κ1) is 16.3. The van der Waals surface area contributed by atoms with Crippen molar-refractivity contribution in [2.45, 2.75) is 31.7 Å². The summed E-state index contributed by atoms with van der Waals surface area (Å²) in [7, 11) is 0. The molecule has 2 aromatic rings. The minimum Gasteiger partial charge on any atom is -0.484 e. The molecule has 0 radical (unpaired) electrons. The maximum atomic E-state index is 12.0. The van der Waals surface area contributed by atoms with Gasteiger partial charge >= 0.3 is 5.97 Å². The Labute approximate surface area is 140 Å². The van der Waals surface area contributed by atoms with Crippen molar-refractivity contribution in [3.05, 3.63) is 42.5 Å². The molecule has 1 aliphatic rings. The zero-order valence-electron chi connectivity index (χ0n) is 13.4. The third-order valence-electron chi connectivity index (χ3n) is 4.53. The van der Waals surface area contributed by atoms with E-state index in [0.29, 0.717) is 31.4 Å². The Kier molecular flexibility index (Phi) is 4.99. The summed E-state index contributed by atoms with van der Waals surface area (Å²) in [5.74, 6) is -0.508. The Balaban J connectivity index is 1.47. The third kappa shape index (κ3) is 4.04. The standard InChI is InChI=1S/C19H21NO4/c21-18(20-16-8-5-14(6-9-16)19(22)23)12-24-17-10-7-13-3-1-2-4-15(13)11-17/h1-4,7,10-11,14,16H,5-6,8-9,12H2,(H,20,21)(H,22,23). The molecular weight excluding hydrogens is 306 g/mol. The topological polar surface area (TPSA) is 75.6 Å². The molecule has 1 amide bonds. The summed E-state index contributed by atoms with van der Waals surface area (Å²) >= 11 is 0. The van der Waals surface area contributed by atoms with Gasteiger partial charge in [0.15, 0.2) is 6.61 Å². The minimum absolute atomic E-state index is 0.0306. The second-order valence-corrected chi connectivity index (χ2v) is 6.25. The van der Waals surface area contributed by atoms with Gasteiger partial charge < -0.3 is 15.2 Å². The monoisotopic (exact) mass is 327 g/mol. The number of nitrogens with one attached hydrogen (secondary N) is 1. The molecule has 0 heterocycles. The summed E-state index contributed by atoms with van der Waals surface area (Å²) in [6, 6.07) is 13.8. The van der Waals surface area contributed by atoms with Gasteiger partial charge in [0.2, 0.25) is 0 Å². The highest BCUT2D eigenvalue weighted by Crippen LogP contribution is 2.24. The van der Waals surface area contributed by atoms with Crippen LogP contribution in [0.5, 0.6) is 5.75 Å². The van der Waals surface area contributed by atoms with Crippen LogP contribution in [0, 0.1) is 5.92 Å². The Hall–Kier alpha value is -2.56. The lowest BCUT2D eigenvalue weighted by atomic mass is 9.86. The van der Waals surface area contributed by atoms with Crippen LogP contribution in [0.3, 0.4) is 0 Å². The maximum absolute atomic E-state index is 12.0. The normalized spacial score (nSPS) is 20.5. The van der Waals surface area contributed by atoms with Crippen LogP contribution in [0.15, 0.2) is 42.5 Å². The van der Waals surface area contributed by atoms with E-state index in [9.17, 15) is 9.59 Å². The van der Waals surface area contributed by atoms with E-state index >= 15 is 0 Å². The number of carboxylic acids is 1. The Morgan fingerprint density at radius 1 is 1.04 bits per heavy atom. The van der Waals surface area contributed by atoms with E-state index in [1.807, 2.05) is 42.5 Å². The summed E-state index contributed by atoms with van der Waals surface area (Å²) in [6.07, 6.45) is 2.65. The molecule has 1 fully saturated rings. The van der Waals surface area contributed by atoms with Crippen LogP contribution in [-0.4, -0.2) is 29.6 Å². The molecule has 2 N–H and O–H groups in total. The SMILES string of the molecule is O=C(COc1ccc2ccccc2c1)NC1CCC(C(=O)O)CC1. The Morgan fingerprint density at radius 2 is 1.75 bits per heavy atom. The third-order valence-corrected chi connectivity index (χ3v) is 4.53. The average Bonchev–Trinajstić information content (AvgIpc) is 2.60. The lowest BCUT2D eigenvalue weighted by molar-refractivity contribution is -0.142. The molecule has 0 bridgehead atoms. The summed E-state index contributed by atoms with van der Waals surface area (Å²) < 4.78 is 5.57. The molecule has 2 aromatic carbocycles. The van der Waals surface area contributed by atoms with E-state index in [2.05, 4.69) is 5.32 Å². The maximum Gasteiger partial charge on any atom is 0.306 e. The number of carbonyl (C=O) groups is 2. The number of rotatable bonds is 5. The highest BCUT2D eigenvalue weighted by molar-refractivity contribution is 5.84. The molecule has 5 heteroatoms. The fourth-order valence-electron chi connectivity index (χ4n) is 3.16. The molecule has 0 aliphatic heterocycles. The first-order valence-electron chi connectivity index (χ1n) is 8.25. The molecule has 0 atom stereocenters. The first-order chi connectivity index (χ1) is 11.6. The number of fused-ring (bicyclic) bond motifs is 1. The van der Waals surface area contributed by atoms with E-state index in [-0.39, 0.29) is 24.5 Å². The molecule has 3 rings (SSSR count). The van der Waals surface area contributed by atoms with Gasteiger partial charge in [0, 0.05) is 6.04 Å². The molecule has 1 aliphatic carbocycles. The van der Waals surface area contributed by atoms with Crippen molar-refractivity contribution in [3.63, 3.8) is 0 Å². The van der Waals surface area contributed by atoms with Crippen LogP contribution < -0.4 is 10.1 Å². The number of aliphatic carboxylic acids is 1. The molecule has 0 spiro atoms. The van der Waals surface area contributed by atoms with E-state index in [0.717, 1.165) is 10.8 Å². The van der Waals surface area contributed by atoms with E-state index in [4.69, 9.17) is 9.84 Å². The van der Waals surface area contributed by atoms with E-state index in [1.165, 1.54) is 0 Å². The van der Waals surface area contributed by atoms with Crippen LogP contribution >= 0.6 is 0 Å². The van der Waals surface area contributed by atoms with Gasteiger partial charge in [-0.1, -0.05) is 30.3 Å². The lowest BCUT2D eigenvalue weighted by Gasteiger charge is -2.26. The van der Waals surface area contributed by atoms with Crippen molar-refractivity contribution < 1.29 is 19.4 Å². The molecule has 1 saturated carbocycles. The van der Waals surface area contributed by atoms with Gasteiger partial charge in [0.1, 0.15) is 5.75 Å². The van der Waals surface area contributed by atoms with Gasteiger partial charge in [-0.25, -0.2) is 0 Å².